The lowest BCUT2D eigenvalue weighted by Crippen LogP contribution is -2.22. The number of hydrogen-bond acceptors (Lipinski definition) is 5. The quantitative estimate of drug-likeness (QED) is 0.408. The topological polar surface area (TPSA) is 93.4 Å². The van der Waals surface area contributed by atoms with Crippen LogP contribution in [-0.2, 0) is 4.79 Å². The lowest BCUT2D eigenvalue weighted by Gasteiger charge is -2.04. The standard InChI is InChI=1S/C7H14N2O.C5H10O2/c1-9-7(6-8)4-2-3-5-10;6-4-2-1-3-5-7/h7,9-10H,2-5H2,1H3;4,7H,1-3,5H2. The highest BCUT2D eigenvalue weighted by Gasteiger charge is 2.01. The molecule has 0 aromatic heterocycles. The van der Waals surface area contributed by atoms with Gasteiger partial charge in [-0.05, 0) is 39.2 Å². The molecule has 0 aliphatic carbocycles. The van der Waals surface area contributed by atoms with Crippen molar-refractivity contribution in [2.24, 2.45) is 0 Å². The molecular weight excluding hydrogens is 220 g/mol. The molecule has 0 bridgehead atoms. The van der Waals surface area contributed by atoms with E-state index >= 15 is 0 Å². The summed E-state index contributed by atoms with van der Waals surface area (Å²) in [5.74, 6) is 0. The van der Waals surface area contributed by atoms with E-state index in [-0.39, 0.29) is 19.3 Å². The molecule has 0 saturated carbocycles. The molecule has 0 aromatic carbocycles. The molecule has 1 atom stereocenters. The summed E-state index contributed by atoms with van der Waals surface area (Å²) in [5.41, 5.74) is 0. The highest BCUT2D eigenvalue weighted by Crippen LogP contribution is 1.98. The Labute approximate surface area is 103 Å². The average Bonchev–Trinajstić information content (AvgIpc) is 2.36. The van der Waals surface area contributed by atoms with Crippen LogP contribution in [0.4, 0.5) is 0 Å². The first-order chi connectivity index (χ1) is 8.26. The van der Waals surface area contributed by atoms with Crippen LogP contribution in [0.1, 0.15) is 38.5 Å². The number of nitrogens with one attached hydrogen (secondary N) is 1. The van der Waals surface area contributed by atoms with Gasteiger partial charge >= 0.3 is 0 Å². The molecule has 100 valence electrons. The van der Waals surface area contributed by atoms with Gasteiger partial charge in [0.1, 0.15) is 6.29 Å². The van der Waals surface area contributed by atoms with Gasteiger partial charge in [0.2, 0.25) is 0 Å². The van der Waals surface area contributed by atoms with Crippen molar-refractivity contribution in [3.05, 3.63) is 0 Å². The lowest BCUT2D eigenvalue weighted by atomic mass is 10.1. The Kier molecular flexibility index (Phi) is 18.9. The third kappa shape index (κ3) is 17.6. The van der Waals surface area contributed by atoms with Crippen molar-refractivity contribution in [1.29, 1.82) is 5.26 Å². The molecule has 0 aliphatic heterocycles. The molecule has 0 aromatic rings. The molecule has 3 N–H and O–H groups in total. The molecule has 1 unspecified atom stereocenters. The molecule has 5 nitrogen and oxygen atoms in total. The largest absolute Gasteiger partial charge is 0.396 e. The molecule has 0 rings (SSSR count). The van der Waals surface area contributed by atoms with E-state index in [1.54, 1.807) is 7.05 Å². The van der Waals surface area contributed by atoms with Gasteiger partial charge in [-0.3, -0.25) is 0 Å². The molecular formula is C12H24N2O3. The zero-order valence-corrected chi connectivity index (χ0v) is 10.6. The number of carbonyl (C=O) groups excluding carboxylic acids is 1. The van der Waals surface area contributed by atoms with E-state index in [4.69, 9.17) is 15.5 Å². The first kappa shape index (κ1) is 18.4. The average molecular weight is 244 g/mol. The molecule has 0 amide bonds. The summed E-state index contributed by atoms with van der Waals surface area (Å²) in [6.45, 7) is 0.426. The van der Waals surface area contributed by atoms with Crippen LogP contribution < -0.4 is 5.32 Å². The van der Waals surface area contributed by atoms with Gasteiger partial charge in [0, 0.05) is 19.6 Å². The summed E-state index contributed by atoms with van der Waals surface area (Å²) >= 11 is 0. The van der Waals surface area contributed by atoms with Crippen LogP contribution >= 0.6 is 0 Å². The van der Waals surface area contributed by atoms with Gasteiger partial charge in [-0.2, -0.15) is 5.26 Å². The van der Waals surface area contributed by atoms with Crippen molar-refractivity contribution in [3.8, 4) is 6.07 Å². The van der Waals surface area contributed by atoms with E-state index in [9.17, 15) is 4.79 Å². The Balaban J connectivity index is 0. The fourth-order valence-corrected chi connectivity index (χ4v) is 1.07. The summed E-state index contributed by atoms with van der Waals surface area (Å²) in [7, 11) is 1.77. The monoisotopic (exact) mass is 244 g/mol. The fourth-order valence-electron chi connectivity index (χ4n) is 1.07. The van der Waals surface area contributed by atoms with Crippen molar-refractivity contribution in [3.63, 3.8) is 0 Å². The Morgan fingerprint density at radius 1 is 1.24 bits per heavy atom. The number of aliphatic hydroxyl groups is 2. The Bertz CT molecular complexity index is 193. The van der Waals surface area contributed by atoms with Crippen LogP contribution in [0.3, 0.4) is 0 Å². The maximum absolute atomic E-state index is 9.60. The smallest absolute Gasteiger partial charge is 0.119 e. The van der Waals surface area contributed by atoms with Crippen LogP contribution in [-0.4, -0.2) is 42.8 Å². The number of unbranched alkanes of at least 4 members (excludes halogenated alkanes) is 3. The number of aliphatic hydroxyl groups excluding tert-OH is 2. The molecule has 0 aliphatic rings. The Morgan fingerprint density at radius 2 is 1.82 bits per heavy atom. The van der Waals surface area contributed by atoms with Crippen molar-refractivity contribution in [1.82, 2.24) is 5.32 Å². The van der Waals surface area contributed by atoms with E-state index in [1.807, 2.05) is 0 Å². The van der Waals surface area contributed by atoms with Gasteiger partial charge in [-0.15, -0.1) is 0 Å². The zero-order valence-electron chi connectivity index (χ0n) is 10.6. The molecule has 0 spiro atoms. The van der Waals surface area contributed by atoms with Crippen molar-refractivity contribution in [2.75, 3.05) is 20.3 Å². The first-order valence-electron chi connectivity index (χ1n) is 5.99. The molecule has 0 saturated heterocycles. The Hall–Kier alpha value is -0.960. The third-order valence-electron chi connectivity index (χ3n) is 2.14. The third-order valence-corrected chi connectivity index (χ3v) is 2.14. The minimum absolute atomic E-state index is 0.0495. The second kappa shape index (κ2) is 17.4. The number of carbonyl (C=O) groups is 1. The van der Waals surface area contributed by atoms with Crippen LogP contribution in [0.2, 0.25) is 0 Å². The lowest BCUT2D eigenvalue weighted by molar-refractivity contribution is -0.107. The number of nitrogens with zero attached hydrogens (tertiary/aromatic N) is 1. The minimum Gasteiger partial charge on any atom is -0.396 e. The SMILES string of the molecule is CNC(C#N)CCCCO.O=CCCCCO. The maximum Gasteiger partial charge on any atom is 0.119 e. The van der Waals surface area contributed by atoms with Gasteiger partial charge in [0.25, 0.3) is 0 Å². The minimum atomic E-state index is -0.0495. The van der Waals surface area contributed by atoms with E-state index in [0.29, 0.717) is 6.42 Å². The highest BCUT2D eigenvalue weighted by molar-refractivity contribution is 5.48. The first-order valence-corrected chi connectivity index (χ1v) is 5.99. The van der Waals surface area contributed by atoms with Gasteiger partial charge in [0.05, 0.1) is 12.1 Å². The highest BCUT2D eigenvalue weighted by atomic mass is 16.3. The second-order valence-corrected chi connectivity index (χ2v) is 3.58. The van der Waals surface area contributed by atoms with Crippen LogP contribution in [0.5, 0.6) is 0 Å². The molecule has 17 heavy (non-hydrogen) atoms. The summed E-state index contributed by atoms with van der Waals surface area (Å²) in [5, 5.41) is 27.9. The van der Waals surface area contributed by atoms with E-state index in [1.165, 1.54) is 0 Å². The maximum atomic E-state index is 9.60. The van der Waals surface area contributed by atoms with E-state index < -0.39 is 0 Å². The second-order valence-electron chi connectivity index (χ2n) is 3.58. The predicted octanol–water partition coefficient (Wildman–Crippen LogP) is 0.608. The van der Waals surface area contributed by atoms with Crippen molar-refractivity contribution >= 4 is 6.29 Å². The van der Waals surface area contributed by atoms with Gasteiger partial charge in [-0.25, -0.2) is 0 Å². The molecule has 5 heteroatoms. The van der Waals surface area contributed by atoms with Crippen LogP contribution in [0, 0.1) is 11.3 Å². The Morgan fingerprint density at radius 3 is 2.24 bits per heavy atom. The fraction of sp³-hybridized carbons (Fsp3) is 0.833. The van der Waals surface area contributed by atoms with Crippen molar-refractivity contribution < 1.29 is 15.0 Å². The van der Waals surface area contributed by atoms with E-state index in [2.05, 4.69) is 11.4 Å². The number of hydrogen-bond donors (Lipinski definition) is 3. The van der Waals surface area contributed by atoms with Gasteiger partial charge in [-0.1, -0.05) is 0 Å². The molecule has 0 fully saturated rings. The van der Waals surface area contributed by atoms with Crippen molar-refractivity contribution in [2.45, 2.75) is 44.6 Å². The predicted molar refractivity (Wildman–Crippen MR) is 66.4 cm³/mol. The summed E-state index contributed by atoms with van der Waals surface area (Å²) in [6, 6.07) is 2.07. The van der Waals surface area contributed by atoms with Crippen LogP contribution in [0.15, 0.2) is 0 Å². The van der Waals surface area contributed by atoms with Crippen LogP contribution in [0.25, 0.3) is 0 Å². The van der Waals surface area contributed by atoms with E-state index in [0.717, 1.165) is 38.4 Å². The van der Waals surface area contributed by atoms with Gasteiger partial charge in [0.15, 0.2) is 0 Å². The summed E-state index contributed by atoms with van der Waals surface area (Å²) < 4.78 is 0. The number of aldehydes is 1. The number of nitriles is 1. The number of rotatable bonds is 9. The summed E-state index contributed by atoms with van der Waals surface area (Å²) in [4.78, 5) is 9.60. The van der Waals surface area contributed by atoms with Gasteiger partial charge < -0.3 is 20.3 Å². The normalized spacial score (nSPS) is 10.9. The summed E-state index contributed by atoms with van der Waals surface area (Å²) in [6.07, 6.45) is 5.55. The molecule has 0 radical (unpaired) electrons. The molecule has 0 heterocycles. The zero-order chi connectivity index (χ0) is 13.4.